The van der Waals surface area contributed by atoms with Crippen LogP contribution in [0.2, 0.25) is 0 Å². The summed E-state index contributed by atoms with van der Waals surface area (Å²) >= 11 is 0. The second-order valence-corrected chi connectivity index (χ2v) is 6.53. The smallest absolute Gasteiger partial charge is 0.324 e. The number of nitrogens with zero attached hydrogens (tertiary/aromatic N) is 2. The van der Waals surface area contributed by atoms with Gasteiger partial charge >= 0.3 is 6.03 Å². The summed E-state index contributed by atoms with van der Waals surface area (Å²) in [6.45, 7) is -0.289. The van der Waals surface area contributed by atoms with Crippen molar-refractivity contribution in [2.45, 2.75) is 31.2 Å². The molecule has 0 unspecified atom stereocenters. The number of hydrogen-bond donors (Lipinski definition) is 2. The Hall–Kier alpha value is -2.96. The molecule has 0 radical (unpaired) electrons. The van der Waals surface area contributed by atoms with Gasteiger partial charge in [0.2, 0.25) is 5.91 Å². The van der Waals surface area contributed by atoms with Crippen molar-refractivity contribution in [3.63, 3.8) is 0 Å². The van der Waals surface area contributed by atoms with Crippen molar-refractivity contribution < 1.29 is 14.4 Å². The monoisotopic (exact) mass is 338 g/mol. The minimum atomic E-state index is -0.791. The van der Waals surface area contributed by atoms with Crippen molar-refractivity contribution in [3.8, 4) is 0 Å². The Bertz CT molecular complexity index is 868. The molecule has 1 aliphatic carbocycles. The molecule has 1 spiro atoms. The van der Waals surface area contributed by atoms with E-state index >= 15 is 0 Å². The van der Waals surface area contributed by atoms with E-state index in [1.165, 1.54) is 0 Å². The maximum atomic E-state index is 12.6. The Kier molecular flexibility index (Phi) is 3.63. The van der Waals surface area contributed by atoms with Gasteiger partial charge in [-0.05, 0) is 37.1 Å². The highest BCUT2D eigenvalue weighted by molar-refractivity contribution is 6.11. The van der Waals surface area contributed by atoms with E-state index in [1.54, 1.807) is 24.4 Å². The van der Waals surface area contributed by atoms with Crippen molar-refractivity contribution in [1.82, 2.24) is 15.2 Å². The molecular formula is C18H18N4O3. The molecule has 7 nitrogen and oxygen atoms in total. The second kappa shape index (κ2) is 5.84. The highest BCUT2D eigenvalue weighted by Crippen LogP contribution is 2.35. The maximum absolute atomic E-state index is 12.6. The van der Waals surface area contributed by atoms with Crippen molar-refractivity contribution in [3.05, 3.63) is 36.5 Å². The summed E-state index contributed by atoms with van der Waals surface area (Å²) in [7, 11) is 0. The van der Waals surface area contributed by atoms with Crippen LogP contribution in [0.3, 0.4) is 0 Å². The second-order valence-electron chi connectivity index (χ2n) is 6.53. The topological polar surface area (TPSA) is 91.4 Å². The van der Waals surface area contributed by atoms with E-state index in [2.05, 4.69) is 15.6 Å². The zero-order valence-corrected chi connectivity index (χ0v) is 13.6. The normalized spacial score (nSPS) is 18.8. The lowest BCUT2D eigenvalue weighted by molar-refractivity contribution is -0.133. The van der Waals surface area contributed by atoms with Crippen LogP contribution in [0.15, 0.2) is 36.5 Å². The van der Waals surface area contributed by atoms with Crippen LogP contribution in [-0.2, 0) is 9.59 Å². The third-order valence-corrected chi connectivity index (χ3v) is 4.92. The lowest BCUT2D eigenvalue weighted by Crippen LogP contribution is -2.44. The first-order valence-electron chi connectivity index (χ1n) is 8.37. The van der Waals surface area contributed by atoms with E-state index in [4.69, 9.17) is 0 Å². The van der Waals surface area contributed by atoms with Crippen LogP contribution in [0.25, 0.3) is 10.9 Å². The van der Waals surface area contributed by atoms with Crippen LogP contribution in [0, 0.1) is 0 Å². The standard InChI is InChI=1S/C18H18N4O3/c23-15(20-14-7-3-6-13-12(14)5-4-10-19-13)11-22-16(24)18(21-17(22)25)8-1-2-9-18/h3-7,10H,1-2,8-9,11H2,(H,20,23)(H,21,25). The zero-order chi connectivity index (χ0) is 17.4. The molecule has 1 saturated heterocycles. The Morgan fingerprint density at radius 1 is 1.20 bits per heavy atom. The molecule has 4 rings (SSSR count). The van der Waals surface area contributed by atoms with E-state index in [9.17, 15) is 14.4 Å². The van der Waals surface area contributed by atoms with Gasteiger partial charge in [0, 0.05) is 11.6 Å². The van der Waals surface area contributed by atoms with Gasteiger partial charge in [-0.3, -0.25) is 19.5 Å². The lowest BCUT2D eigenvalue weighted by Gasteiger charge is -2.19. The predicted octanol–water partition coefficient (Wildman–Crippen LogP) is 2.04. The molecule has 2 fully saturated rings. The summed E-state index contributed by atoms with van der Waals surface area (Å²) in [6.07, 6.45) is 4.79. The minimum Gasteiger partial charge on any atom is -0.324 e. The van der Waals surface area contributed by atoms with Crippen molar-refractivity contribution in [2.24, 2.45) is 0 Å². The Morgan fingerprint density at radius 2 is 2.00 bits per heavy atom. The molecule has 2 heterocycles. The summed E-state index contributed by atoms with van der Waals surface area (Å²) in [5.74, 6) is -0.695. The van der Waals surface area contributed by atoms with Gasteiger partial charge in [0.15, 0.2) is 0 Å². The average molecular weight is 338 g/mol. The molecule has 2 aromatic rings. The number of imide groups is 1. The van der Waals surface area contributed by atoms with E-state index in [0.29, 0.717) is 18.5 Å². The van der Waals surface area contributed by atoms with Crippen molar-refractivity contribution in [1.29, 1.82) is 0 Å². The molecule has 0 bridgehead atoms. The number of benzene rings is 1. The van der Waals surface area contributed by atoms with E-state index < -0.39 is 17.5 Å². The Labute approximate surface area is 144 Å². The molecule has 0 atom stereocenters. The largest absolute Gasteiger partial charge is 0.325 e. The van der Waals surface area contributed by atoms with Crippen LogP contribution in [0.5, 0.6) is 0 Å². The third-order valence-electron chi connectivity index (χ3n) is 4.92. The number of rotatable bonds is 3. The van der Waals surface area contributed by atoms with Gasteiger partial charge in [-0.15, -0.1) is 0 Å². The number of anilines is 1. The maximum Gasteiger partial charge on any atom is 0.325 e. The lowest BCUT2D eigenvalue weighted by atomic mass is 9.98. The molecule has 2 aliphatic rings. The fourth-order valence-corrected chi connectivity index (χ4v) is 3.68. The first kappa shape index (κ1) is 15.6. The van der Waals surface area contributed by atoms with Gasteiger partial charge < -0.3 is 10.6 Å². The molecule has 1 aliphatic heterocycles. The van der Waals surface area contributed by atoms with Crippen LogP contribution >= 0.6 is 0 Å². The number of fused-ring (bicyclic) bond motifs is 1. The van der Waals surface area contributed by atoms with Gasteiger partial charge in [0.1, 0.15) is 12.1 Å². The van der Waals surface area contributed by atoms with E-state index in [-0.39, 0.29) is 12.5 Å². The quantitative estimate of drug-likeness (QED) is 0.838. The molecule has 25 heavy (non-hydrogen) atoms. The highest BCUT2D eigenvalue weighted by Gasteiger charge is 2.52. The molecule has 7 heteroatoms. The minimum absolute atomic E-state index is 0.287. The van der Waals surface area contributed by atoms with Crippen LogP contribution < -0.4 is 10.6 Å². The number of hydrogen-bond acceptors (Lipinski definition) is 4. The molecule has 2 N–H and O–H groups in total. The summed E-state index contributed by atoms with van der Waals surface area (Å²) in [5.41, 5.74) is 0.583. The fourth-order valence-electron chi connectivity index (χ4n) is 3.68. The Balaban J connectivity index is 1.51. The van der Waals surface area contributed by atoms with Crippen LogP contribution in [0.4, 0.5) is 10.5 Å². The number of carbonyl (C=O) groups excluding carboxylic acids is 3. The SMILES string of the molecule is O=C(CN1C(=O)NC2(CCCC2)C1=O)Nc1cccc2ncccc12. The molecule has 1 aromatic carbocycles. The predicted molar refractivity (Wildman–Crippen MR) is 91.8 cm³/mol. The number of nitrogens with one attached hydrogen (secondary N) is 2. The number of carbonyl (C=O) groups is 3. The van der Waals surface area contributed by atoms with Crippen molar-refractivity contribution >= 4 is 34.4 Å². The fraction of sp³-hybridized carbons (Fsp3) is 0.333. The number of urea groups is 1. The molecule has 1 saturated carbocycles. The van der Waals surface area contributed by atoms with Gasteiger partial charge in [-0.25, -0.2) is 4.79 Å². The van der Waals surface area contributed by atoms with Crippen LogP contribution in [0.1, 0.15) is 25.7 Å². The van der Waals surface area contributed by atoms with Gasteiger partial charge in [0.05, 0.1) is 11.2 Å². The number of pyridine rings is 1. The molecular weight excluding hydrogens is 320 g/mol. The highest BCUT2D eigenvalue weighted by atomic mass is 16.2. The van der Waals surface area contributed by atoms with Crippen LogP contribution in [-0.4, -0.2) is 39.8 Å². The van der Waals surface area contributed by atoms with Gasteiger partial charge in [0.25, 0.3) is 5.91 Å². The van der Waals surface area contributed by atoms with Gasteiger partial charge in [-0.1, -0.05) is 18.9 Å². The number of amides is 4. The summed E-state index contributed by atoms with van der Waals surface area (Å²) < 4.78 is 0. The first-order valence-corrected chi connectivity index (χ1v) is 8.37. The molecule has 1 aromatic heterocycles. The summed E-state index contributed by atoms with van der Waals surface area (Å²) in [5, 5.41) is 6.36. The first-order chi connectivity index (χ1) is 12.1. The molecule has 128 valence electrons. The third kappa shape index (κ3) is 2.61. The molecule has 4 amide bonds. The van der Waals surface area contributed by atoms with E-state index in [0.717, 1.165) is 28.6 Å². The number of aromatic nitrogens is 1. The Morgan fingerprint density at radius 3 is 2.80 bits per heavy atom. The zero-order valence-electron chi connectivity index (χ0n) is 13.6. The van der Waals surface area contributed by atoms with Crippen molar-refractivity contribution in [2.75, 3.05) is 11.9 Å². The summed E-state index contributed by atoms with van der Waals surface area (Å²) in [4.78, 5) is 42.4. The van der Waals surface area contributed by atoms with E-state index in [1.807, 2.05) is 12.1 Å². The average Bonchev–Trinajstić information content (AvgIpc) is 3.16. The van der Waals surface area contributed by atoms with Gasteiger partial charge in [-0.2, -0.15) is 0 Å². The summed E-state index contributed by atoms with van der Waals surface area (Å²) in [6, 6.07) is 8.59.